The quantitative estimate of drug-likeness (QED) is 0.331. The molecule has 1 aromatic heterocycles. The molecule has 4 atom stereocenters. The zero-order valence-corrected chi connectivity index (χ0v) is 18.8. The number of aromatic nitrogens is 1. The van der Waals surface area contributed by atoms with Crippen LogP contribution in [0.4, 0.5) is 8.78 Å². The van der Waals surface area contributed by atoms with Crippen LogP contribution < -0.4 is 10.1 Å². The number of amides is 1. The number of halogens is 2. The maximum absolute atomic E-state index is 13.7. The lowest BCUT2D eigenvalue weighted by Crippen LogP contribution is -2.70. The third-order valence-electron chi connectivity index (χ3n) is 6.33. The van der Waals surface area contributed by atoms with Crippen molar-refractivity contribution in [3.8, 4) is 5.75 Å². The molecule has 1 aliphatic heterocycles. The van der Waals surface area contributed by atoms with Crippen LogP contribution >= 0.6 is 0 Å². The average molecular weight is 492 g/mol. The van der Waals surface area contributed by atoms with Crippen molar-refractivity contribution in [3.63, 3.8) is 0 Å². The maximum atomic E-state index is 13.7. The Labute approximate surface area is 199 Å². The molecule has 0 aliphatic carbocycles. The largest absolute Gasteiger partial charge is 0.497 e. The Morgan fingerprint density at radius 1 is 1.20 bits per heavy atom. The van der Waals surface area contributed by atoms with E-state index in [0.717, 1.165) is 12.1 Å². The van der Waals surface area contributed by atoms with Crippen LogP contribution in [0, 0.1) is 11.6 Å². The Balaban J connectivity index is 1.71. The minimum Gasteiger partial charge on any atom is -0.497 e. The lowest BCUT2D eigenvalue weighted by Gasteiger charge is -2.46. The number of hydrogen-bond acceptors (Lipinski definition) is 7. The van der Waals surface area contributed by atoms with Crippen LogP contribution in [0.15, 0.2) is 42.6 Å². The van der Waals surface area contributed by atoms with Gasteiger partial charge in [-0.2, -0.15) is 0 Å². The second kappa shape index (κ2) is 9.88. The van der Waals surface area contributed by atoms with E-state index in [1.165, 1.54) is 19.4 Å². The van der Waals surface area contributed by atoms with E-state index in [9.17, 15) is 34.0 Å². The number of carbonyl (C=O) groups excluding carboxylic acids is 1. The topological polar surface area (TPSA) is 133 Å². The molecule has 3 aromatic rings. The van der Waals surface area contributed by atoms with Crippen molar-refractivity contribution in [1.29, 1.82) is 0 Å². The van der Waals surface area contributed by atoms with Gasteiger partial charge in [0.1, 0.15) is 11.3 Å². The van der Waals surface area contributed by atoms with E-state index in [0.29, 0.717) is 22.2 Å². The summed E-state index contributed by atoms with van der Waals surface area (Å²) in [6, 6.07) is 8.46. The summed E-state index contributed by atoms with van der Waals surface area (Å²) in [5, 5.41) is 43.3. The molecule has 188 valence electrons. The molecule has 11 heteroatoms. The van der Waals surface area contributed by atoms with Gasteiger partial charge in [-0.15, -0.1) is 0 Å². The predicted molar refractivity (Wildman–Crippen MR) is 120 cm³/mol. The van der Waals surface area contributed by atoms with Gasteiger partial charge in [0.25, 0.3) is 5.91 Å². The molecule has 0 bridgehead atoms. The van der Waals surface area contributed by atoms with Crippen molar-refractivity contribution in [3.05, 3.63) is 65.4 Å². The number of methoxy groups -OCH3 is 1. The van der Waals surface area contributed by atoms with E-state index in [4.69, 9.17) is 9.47 Å². The number of aliphatic hydroxyl groups excluding tert-OH is 4. The molecule has 0 radical (unpaired) electrons. The van der Waals surface area contributed by atoms with Crippen LogP contribution in [0.25, 0.3) is 10.9 Å². The zero-order valence-electron chi connectivity index (χ0n) is 18.8. The lowest BCUT2D eigenvalue weighted by atomic mass is 9.85. The van der Waals surface area contributed by atoms with Gasteiger partial charge in [-0.3, -0.25) is 4.79 Å². The van der Waals surface area contributed by atoms with E-state index in [2.05, 4.69) is 5.32 Å². The molecule has 1 saturated heterocycles. The highest BCUT2D eigenvalue weighted by atomic mass is 19.2. The van der Waals surface area contributed by atoms with Crippen LogP contribution in [0.5, 0.6) is 5.75 Å². The Bertz CT molecular complexity index is 1220. The summed E-state index contributed by atoms with van der Waals surface area (Å²) in [6.07, 6.45) is -2.68. The van der Waals surface area contributed by atoms with Gasteiger partial charge in [0.15, 0.2) is 17.9 Å². The Morgan fingerprint density at radius 3 is 2.60 bits per heavy atom. The highest BCUT2D eigenvalue weighted by Gasteiger charge is 2.51. The fourth-order valence-electron chi connectivity index (χ4n) is 4.29. The maximum Gasteiger partial charge on any atom is 0.254 e. The van der Waals surface area contributed by atoms with Crippen molar-refractivity contribution in [1.82, 2.24) is 9.88 Å². The van der Waals surface area contributed by atoms with Crippen molar-refractivity contribution in [2.45, 2.75) is 37.0 Å². The van der Waals surface area contributed by atoms with Gasteiger partial charge < -0.3 is 39.8 Å². The molecule has 2 aromatic carbocycles. The summed E-state index contributed by atoms with van der Waals surface area (Å²) in [5.41, 5.74) is -0.784. The third-order valence-corrected chi connectivity index (χ3v) is 6.33. The van der Waals surface area contributed by atoms with Gasteiger partial charge in [-0.05, 0) is 29.8 Å². The summed E-state index contributed by atoms with van der Waals surface area (Å²) in [6.45, 7) is -1.19. The highest BCUT2D eigenvalue weighted by molar-refractivity contribution is 6.07. The molecule has 5 N–H and O–H groups in total. The summed E-state index contributed by atoms with van der Waals surface area (Å²) >= 11 is 0. The van der Waals surface area contributed by atoms with Gasteiger partial charge in [-0.1, -0.05) is 6.07 Å². The van der Waals surface area contributed by atoms with Gasteiger partial charge in [0.05, 0.1) is 43.6 Å². The number of benzene rings is 2. The number of aliphatic hydroxyl groups is 4. The zero-order chi connectivity index (χ0) is 25.3. The first kappa shape index (κ1) is 25.0. The van der Waals surface area contributed by atoms with Gasteiger partial charge in [0.2, 0.25) is 0 Å². The normalized spacial score (nSPS) is 24.5. The minimum atomic E-state index is -1.93. The molecule has 2 heterocycles. The van der Waals surface area contributed by atoms with Crippen LogP contribution in [0.1, 0.15) is 22.3 Å². The molecule has 0 spiro atoms. The molecule has 4 rings (SSSR count). The number of ether oxygens (including phenoxy) is 2. The van der Waals surface area contributed by atoms with Crippen molar-refractivity contribution in [2.75, 3.05) is 20.3 Å². The number of nitrogens with zero attached hydrogens (tertiary/aromatic N) is 1. The fraction of sp³-hybridized carbons (Fsp3) is 0.375. The van der Waals surface area contributed by atoms with Crippen LogP contribution in [-0.4, -0.2) is 75.3 Å². The number of nitrogens with one attached hydrogen (secondary N) is 1. The summed E-state index contributed by atoms with van der Waals surface area (Å²) in [4.78, 5) is 13.3. The molecule has 0 saturated carbocycles. The molecule has 2 unspecified atom stereocenters. The molecular formula is C24H26F2N2O7. The first-order valence-electron chi connectivity index (χ1n) is 10.9. The van der Waals surface area contributed by atoms with E-state index in [1.807, 2.05) is 0 Å². The molecule has 1 fully saturated rings. The number of carbonyl (C=O) groups is 1. The van der Waals surface area contributed by atoms with Gasteiger partial charge >= 0.3 is 0 Å². The van der Waals surface area contributed by atoms with E-state index < -0.39 is 54.8 Å². The molecule has 1 amide bonds. The minimum absolute atomic E-state index is 0.103. The first-order chi connectivity index (χ1) is 16.7. The lowest BCUT2D eigenvalue weighted by molar-refractivity contribution is -0.253. The monoisotopic (exact) mass is 492 g/mol. The Kier molecular flexibility index (Phi) is 7.06. The fourth-order valence-corrected chi connectivity index (χ4v) is 4.29. The first-order valence-corrected chi connectivity index (χ1v) is 10.9. The number of fused-ring (bicyclic) bond motifs is 1. The smallest absolute Gasteiger partial charge is 0.254 e. The average Bonchev–Trinajstić information content (AvgIpc) is 3.21. The summed E-state index contributed by atoms with van der Waals surface area (Å²) in [5.74, 6) is -2.19. The molecular weight excluding hydrogens is 466 g/mol. The summed E-state index contributed by atoms with van der Waals surface area (Å²) < 4.78 is 39.3. The van der Waals surface area contributed by atoms with Crippen LogP contribution in [0.3, 0.4) is 0 Å². The molecule has 9 nitrogen and oxygen atoms in total. The Hall–Kier alpha value is -3.09. The van der Waals surface area contributed by atoms with Crippen LogP contribution in [-0.2, 0) is 11.3 Å². The SMILES string of the molecule is COc1ccc2c(C(=O)N[C@@]3(CO)C(O)OC(CO)C[C@@H]3O)cn(Cc3ccc(F)c(F)c3)c2c1. The van der Waals surface area contributed by atoms with Gasteiger partial charge in [0, 0.05) is 30.6 Å². The van der Waals surface area contributed by atoms with Crippen molar-refractivity contribution < 1.29 is 43.5 Å². The number of hydrogen-bond donors (Lipinski definition) is 5. The van der Waals surface area contributed by atoms with E-state index in [1.54, 1.807) is 22.8 Å². The predicted octanol–water partition coefficient (Wildman–Crippen LogP) is 0.898. The van der Waals surface area contributed by atoms with E-state index in [-0.39, 0.29) is 18.5 Å². The third kappa shape index (κ3) is 4.60. The standard InChI is InChI=1S/C24H26F2N2O7/c1-34-14-3-4-16-17(10-28(20(16)7-14)9-13-2-5-18(25)19(26)6-13)22(32)27-24(12-30)21(31)8-15(11-29)35-23(24)33/h2-7,10,15,21,23,29-31,33H,8-9,11-12H2,1H3,(H,27,32)/t15?,21-,23?,24+/m0/s1. The van der Waals surface area contributed by atoms with Crippen molar-refractivity contribution in [2.24, 2.45) is 0 Å². The van der Waals surface area contributed by atoms with E-state index >= 15 is 0 Å². The summed E-state index contributed by atoms with van der Waals surface area (Å²) in [7, 11) is 1.48. The van der Waals surface area contributed by atoms with Gasteiger partial charge in [-0.25, -0.2) is 8.78 Å². The van der Waals surface area contributed by atoms with Crippen molar-refractivity contribution >= 4 is 16.8 Å². The highest BCUT2D eigenvalue weighted by Crippen LogP contribution is 2.31. The molecule has 1 aliphatic rings. The van der Waals surface area contributed by atoms with Crippen LogP contribution in [0.2, 0.25) is 0 Å². The molecule has 35 heavy (non-hydrogen) atoms. The Morgan fingerprint density at radius 2 is 1.97 bits per heavy atom. The second-order valence-electron chi connectivity index (χ2n) is 8.50. The second-order valence-corrected chi connectivity index (χ2v) is 8.50. The number of rotatable bonds is 7.